The molecule has 0 spiro atoms. The molecule has 2 aromatic rings. The van der Waals surface area contributed by atoms with Crippen LogP contribution in [0.1, 0.15) is 35.1 Å². The molecule has 0 saturated heterocycles. The molecule has 0 heterocycles. The van der Waals surface area contributed by atoms with Gasteiger partial charge in [-0.25, -0.2) is 0 Å². The molecule has 1 aliphatic carbocycles. The number of methoxy groups -OCH3 is 1. The quantitative estimate of drug-likeness (QED) is 0.420. The highest BCUT2D eigenvalue weighted by molar-refractivity contribution is 5.79. The zero-order valence-corrected chi connectivity index (χ0v) is 15.6. The molecule has 0 amide bonds. The first-order chi connectivity index (χ1) is 13.2. The molecule has 5 nitrogen and oxygen atoms in total. The van der Waals surface area contributed by atoms with Gasteiger partial charge in [-0.15, -0.1) is 0 Å². The number of rotatable bonds is 7. The third-order valence-corrected chi connectivity index (χ3v) is 4.48. The van der Waals surface area contributed by atoms with Crippen molar-refractivity contribution in [3.8, 4) is 5.75 Å². The summed E-state index contributed by atoms with van der Waals surface area (Å²) in [6, 6.07) is 14.1. The van der Waals surface area contributed by atoms with Gasteiger partial charge in [-0.3, -0.25) is 4.79 Å². The van der Waals surface area contributed by atoms with E-state index in [4.69, 9.17) is 9.47 Å². The van der Waals surface area contributed by atoms with Crippen LogP contribution in [-0.4, -0.2) is 26.4 Å². The number of nitrogens with zero attached hydrogens (tertiary/aromatic N) is 1. The maximum Gasteiger partial charge on any atom is 0.309 e. The molecule has 0 saturated carbocycles. The summed E-state index contributed by atoms with van der Waals surface area (Å²) in [4.78, 5) is 16.2. The van der Waals surface area contributed by atoms with Crippen molar-refractivity contribution in [2.24, 2.45) is 5.16 Å². The minimum Gasteiger partial charge on any atom is -0.489 e. The largest absolute Gasteiger partial charge is 0.489 e. The predicted octanol–water partition coefficient (Wildman–Crippen LogP) is 4.14. The van der Waals surface area contributed by atoms with Crippen LogP contribution in [0.4, 0.5) is 0 Å². The van der Waals surface area contributed by atoms with Gasteiger partial charge in [0, 0.05) is 0 Å². The molecule has 2 aromatic carbocycles. The average Bonchev–Trinajstić information content (AvgIpc) is 2.71. The molecule has 0 bridgehead atoms. The fraction of sp³-hybridized carbons (Fsp3) is 0.273. The van der Waals surface area contributed by atoms with Crippen molar-refractivity contribution < 1.29 is 19.1 Å². The molecule has 0 fully saturated rings. The molecule has 1 aliphatic rings. The lowest BCUT2D eigenvalue weighted by Gasteiger charge is -2.17. The first kappa shape index (κ1) is 18.7. The molecule has 27 heavy (non-hydrogen) atoms. The lowest BCUT2D eigenvalue weighted by molar-refractivity contribution is -0.139. The van der Waals surface area contributed by atoms with Gasteiger partial charge in [-0.2, -0.15) is 0 Å². The van der Waals surface area contributed by atoms with Crippen molar-refractivity contribution in [3.63, 3.8) is 0 Å². The van der Waals surface area contributed by atoms with E-state index in [0.29, 0.717) is 13.0 Å². The van der Waals surface area contributed by atoms with Crippen LogP contribution in [0.15, 0.2) is 53.2 Å². The van der Waals surface area contributed by atoms with Gasteiger partial charge in [-0.05, 0) is 47.2 Å². The fourth-order valence-corrected chi connectivity index (χ4v) is 2.99. The molecule has 3 rings (SSSR count). The summed E-state index contributed by atoms with van der Waals surface area (Å²) in [6.07, 6.45) is 5.91. The Labute approximate surface area is 159 Å². The molecule has 0 atom stereocenters. The van der Waals surface area contributed by atoms with E-state index < -0.39 is 0 Å². The third kappa shape index (κ3) is 5.20. The van der Waals surface area contributed by atoms with E-state index >= 15 is 0 Å². The number of fused-ring (bicyclic) bond motifs is 1. The van der Waals surface area contributed by atoms with Gasteiger partial charge in [0.1, 0.15) is 19.5 Å². The van der Waals surface area contributed by atoms with E-state index in [1.807, 2.05) is 36.4 Å². The Morgan fingerprint density at radius 1 is 1.11 bits per heavy atom. The maximum absolute atomic E-state index is 11.5. The van der Waals surface area contributed by atoms with E-state index in [2.05, 4.69) is 22.1 Å². The van der Waals surface area contributed by atoms with E-state index in [1.165, 1.54) is 19.8 Å². The lowest BCUT2D eigenvalue weighted by atomic mass is 9.90. The highest BCUT2D eigenvalue weighted by atomic mass is 16.6. The number of aryl methyl sites for hydroxylation is 1. The van der Waals surface area contributed by atoms with Crippen LogP contribution < -0.4 is 4.74 Å². The summed E-state index contributed by atoms with van der Waals surface area (Å²) >= 11 is 0. The van der Waals surface area contributed by atoms with Crippen LogP contribution in [0.5, 0.6) is 5.75 Å². The number of hydrogen-bond donors (Lipinski definition) is 0. The van der Waals surface area contributed by atoms with Crippen molar-refractivity contribution in [2.45, 2.75) is 25.9 Å². The number of ether oxygens (including phenoxy) is 2. The molecule has 140 valence electrons. The molecule has 0 radical (unpaired) electrons. The highest BCUT2D eigenvalue weighted by Gasteiger charge is 2.14. The Bertz CT molecular complexity index is 853. The van der Waals surface area contributed by atoms with Gasteiger partial charge in [-0.1, -0.05) is 47.1 Å². The number of hydrogen-bond acceptors (Lipinski definition) is 5. The van der Waals surface area contributed by atoms with Crippen molar-refractivity contribution in [2.75, 3.05) is 14.2 Å². The van der Waals surface area contributed by atoms with Gasteiger partial charge in [0.15, 0.2) is 0 Å². The summed E-state index contributed by atoms with van der Waals surface area (Å²) < 4.78 is 10.7. The number of oxime groups is 1. The second kappa shape index (κ2) is 9.03. The fourth-order valence-electron chi connectivity index (χ4n) is 2.99. The maximum atomic E-state index is 11.5. The average molecular weight is 365 g/mol. The monoisotopic (exact) mass is 365 g/mol. The first-order valence-corrected chi connectivity index (χ1v) is 8.85. The summed E-state index contributed by atoms with van der Waals surface area (Å²) in [5.74, 6) is 0.616. The Kier molecular flexibility index (Phi) is 6.26. The smallest absolute Gasteiger partial charge is 0.309 e. The van der Waals surface area contributed by atoms with Gasteiger partial charge >= 0.3 is 5.97 Å². The number of carbonyl (C=O) groups is 1. The number of benzene rings is 2. The van der Waals surface area contributed by atoms with E-state index in [9.17, 15) is 4.79 Å². The van der Waals surface area contributed by atoms with Crippen LogP contribution in [0.3, 0.4) is 0 Å². The molecule has 0 N–H and O–H groups in total. The zero-order chi connectivity index (χ0) is 19.1. The van der Waals surface area contributed by atoms with Crippen LogP contribution in [0.2, 0.25) is 0 Å². The van der Waals surface area contributed by atoms with Gasteiger partial charge in [0.2, 0.25) is 0 Å². The Hall–Kier alpha value is -3.08. The standard InChI is InChI=1S/C22H23NO4/c1-25-22(24)12-18-7-8-19-9-10-21(13-20(19)11-18)27-15-17-5-3-16(4-6-17)14-23-26-2/h3-6,9-11,13-14H,7-8,12,15H2,1-2H3. The molecular weight excluding hydrogens is 342 g/mol. The van der Waals surface area contributed by atoms with E-state index in [-0.39, 0.29) is 5.97 Å². The molecular formula is C22H23NO4. The molecule has 5 heteroatoms. The Balaban J connectivity index is 1.64. The Morgan fingerprint density at radius 2 is 1.93 bits per heavy atom. The second-order valence-corrected chi connectivity index (χ2v) is 6.36. The summed E-state index contributed by atoms with van der Waals surface area (Å²) in [7, 11) is 2.94. The van der Waals surface area contributed by atoms with Crippen molar-refractivity contribution in [1.82, 2.24) is 0 Å². The van der Waals surface area contributed by atoms with Crippen LogP contribution in [-0.2, 0) is 27.4 Å². The number of esters is 1. The van der Waals surface area contributed by atoms with Crippen LogP contribution >= 0.6 is 0 Å². The zero-order valence-electron chi connectivity index (χ0n) is 15.6. The van der Waals surface area contributed by atoms with Gasteiger partial charge in [0.05, 0.1) is 19.7 Å². The van der Waals surface area contributed by atoms with Crippen molar-refractivity contribution >= 4 is 18.3 Å². The summed E-state index contributed by atoms with van der Waals surface area (Å²) in [5, 5.41) is 3.74. The van der Waals surface area contributed by atoms with Crippen LogP contribution in [0.25, 0.3) is 6.08 Å². The first-order valence-electron chi connectivity index (χ1n) is 8.85. The molecule has 0 aromatic heterocycles. The summed E-state index contributed by atoms with van der Waals surface area (Å²) in [5.41, 5.74) is 5.53. The SMILES string of the molecule is CON=Cc1ccc(COc2ccc3c(c2)C=C(CC(=O)OC)CC3)cc1. The predicted molar refractivity (Wildman–Crippen MR) is 105 cm³/mol. The lowest BCUT2D eigenvalue weighted by Crippen LogP contribution is -2.06. The minimum atomic E-state index is -0.198. The number of carbonyl (C=O) groups excluding carboxylic acids is 1. The van der Waals surface area contributed by atoms with Crippen molar-refractivity contribution in [1.29, 1.82) is 0 Å². The molecule has 0 unspecified atom stereocenters. The normalized spacial score (nSPS) is 13.0. The topological polar surface area (TPSA) is 57.1 Å². The van der Waals surface area contributed by atoms with Gasteiger partial charge in [0.25, 0.3) is 0 Å². The van der Waals surface area contributed by atoms with Crippen molar-refractivity contribution in [3.05, 3.63) is 70.3 Å². The summed E-state index contributed by atoms with van der Waals surface area (Å²) in [6.45, 7) is 0.485. The molecule has 0 aliphatic heterocycles. The van der Waals surface area contributed by atoms with E-state index in [1.54, 1.807) is 6.21 Å². The van der Waals surface area contributed by atoms with Crippen LogP contribution in [0, 0.1) is 0 Å². The van der Waals surface area contributed by atoms with E-state index in [0.717, 1.165) is 40.9 Å². The van der Waals surface area contributed by atoms with Gasteiger partial charge < -0.3 is 14.3 Å². The highest BCUT2D eigenvalue weighted by Crippen LogP contribution is 2.29. The Morgan fingerprint density at radius 3 is 2.67 bits per heavy atom. The second-order valence-electron chi connectivity index (χ2n) is 6.36. The third-order valence-electron chi connectivity index (χ3n) is 4.48. The minimum absolute atomic E-state index is 0.198.